The number of amides is 2. The molecular formula is C15H21N3O2. The van der Waals surface area contributed by atoms with Crippen LogP contribution in [0.15, 0.2) is 30.3 Å². The van der Waals surface area contributed by atoms with Crippen molar-refractivity contribution in [3.05, 3.63) is 30.3 Å². The fourth-order valence-electron chi connectivity index (χ4n) is 2.40. The van der Waals surface area contributed by atoms with Crippen LogP contribution < -0.4 is 10.6 Å². The molecule has 20 heavy (non-hydrogen) atoms. The van der Waals surface area contributed by atoms with Crippen molar-refractivity contribution in [2.75, 3.05) is 25.5 Å². The largest absolute Gasteiger partial charge is 0.346 e. The van der Waals surface area contributed by atoms with E-state index in [2.05, 4.69) is 22.6 Å². The minimum atomic E-state index is -0.616. The first-order valence-corrected chi connectivity index (χ1v) is 7.01. The number of nitrogens with zero attached hydrogens (tertiary/aromatic N) is 1. The van der Waals surface area contributed by atoms with Gasteiger partial charge in [0.05, 0.1) is 0 Å². The highest BCUT2D eigenvalue weighted by atomic mass is 16.2. The molecule has 108 valence electrons. The van der Waals surface area contributed by atoms with Crippen molar-refractivity contribution in [3.8, 4) is 0 Å². The topological polar surface area (TPSA) is 61.4 Å². The van der Waals surface area contributed by atoms with E-state index in [0.717, 1.165) is 13.0 Å². The monoisotopic (exact) mass is 275 g/mol. The molecule has 0 aliphatic carbocycles. The van der Waals surface area contributed by atoms with Crippen LogP contribution in [0.4, 0.5) is 5.69 Å². The number of likely N-dealkylation sites (N-methyl/N-ethyl adjacent to an activating group) is 1. The van der Waals surface area contributed by atoms with Gasteiger partial charge in [0.25, 0.3) is 0 Å². The number of likely N-dealkylation sites (tertiary alicyclic amines) is 1. The Hall–Kier alpha value is -1.88. The smallest absolute Gasteiger partial charge is 0.313 e. The lowest BCUT2D eigenvalue weighted by Gasteiger charge is -2.32. The molecule has 1 saturated heterocycles. The third-order valence-corrected chi connectivity index (χ3v) is 3.66. The lowest BCUT2D eigenvalue weighted by Crippen LogP contribution is -2.46. The number of carbonyl (C=O) groups is 2. The number of carbonyl (C=O) groups excluding carboxylic acids is 2. The minimum absolute atomic E-state index is 0.331. The summed E-state index contributed by atoms with van der Waals surface area (Å²) in [6.45, 7) is 1.58. The van der Waals surface area contributed by atoms with E-state index in [4.69, 9.17) is 0 Å². The van der Waals surface area contributed by atoms with Crippen molar-refractivity contribution in [2.45, 2.75) is 25.3 Å². The number of nitrogens with one attached hydrogen (secondary N) is 2. The van der Waals surface area contributed by atoms with Gasteiger partial charge in [0.15, 0.2) is 0 Å². The normalized spacial score (nSPS) is 19.4. The van der Waals surface area contributed by atoms with Gasteiger partial charge in [0, 0.05) is 18.3 Å². The van der Waals surface area contributed by atoms with Gasteiger partial charge in [-0.3, -0.25) is 9.59 Å². The van der Waals surface area contributed by atoms with Crippen LogP contribution in [0, 0.1) is 0 Å². The second kappa shape index (κ2) is 7.05. The van der Waals surface area contributed by atoms with E-state index in [0.29, 0.717) is 18.3 Å². The number of hydrogen-bond acceptors (Lipinski definition) is 3. The van der Waals surface area contributed by atoms with Crippen molar-refractivity contribution in [3.63, 3.8) is 0 Å². The minimum Gasteiger partial charge on any atom is -0.346 e. The second-order valence-corrected chi connectivity index (χ2v) is 5.16. The van der Waals surface area contributed by atoms with Crippen LogP contribution in [0.25, 0.3) is 0 Å². The summed E-state index contributed by atoms with van der Waals surface area (Å²) in [5.74, 6) is -1.19. The van der Waals surface area contributed by atoms with E-state index in [1.54, 1.807) is 12.1 Å². The van der Waals surface area contributed by atoms with E-state index in [1.165, 1.54) is 12.8 Å². The highest BCUT2D eigenvalue weighted by molar-refractivity contribution is 6.39. The molecule has 1 aromatic carbocycles. The fourth-order valence-corrected chi connectivity index (χ4v) is 2.40. The van der Waals surface area contributed by atoms with Crippen LogP contribution in [-0.4, -0.2) is 42.9 Å². The molecule has 0 radical (unpaired) electrons. The van der Waals surface area contributed by atoms with Gasteiger partial charge in [0.2, 0.25) is 0 Å². The number of para-hydroxylation sites is 1. The van der Waals surface area contributed by atoms with Crippen molar-refractivity contribution >= 4 is 17.5 Å². The maximum atomic E-state index is 11.8. The van der Waals surface area contributed by atoms with Gasteiger partial charge in [-0.25, -0.2) is 0 Å². The zero-order valence-electron chi connectivity index (χ0n) is 11.8. The molecule has 1 atom stereocenters. The molecule has 0 unspecified atom stereocenters. The van der Waals surface area contributed by atoms with Crippen LogP contribution in [-0.2, 0) is 9.59 Å². The Balaban J connectivity index is 1.78. The van der Waals surface area contributed by atoms with E-state index in [9.17, 15) is 9.59 Å². The van der Waals surface area contributed by atoms with Crippen LogP contribution >= 0.6 is 0 Å². The zero-order valence-corrected chi connectivity index (χ0v) is 11.8. The first-order valence-electron chi connectivity index (χ1n) is 7.01. The second-order valence-electron chi connectivity index (χ2n) is 5.16. The third-order valence-electron chi connectivity index (χ3n) is 3.66. The number of piperidine rings is 1. The average Bonchev–Trinajstić information content (AvgIpc) is 2.47. The molecule has 5 nitrogen and oxygen atoms in total. The van der Waals surface area contributed by atoms with Crippen LogP contribution in [0.3, 0.4) is 0 Å². The van der Waals surface area contributed by atoms with Crippen molar-refractivity contribution in [2.24, 2.45) is 0 Å². The molecule has 5 heteroatoms. The summed E-state index contributed by atoms with van der Waals surface area (Å²) in [4.78, 5) is 25.7. The summed E-state index contributed by atoms with van der Waals surface area (Å²) in [7, 11) is 2.06. The van der Waals surface area contributed by atoms with Gasteiger partial charge in [-0.15, -0.1) is 0 Å². The van der Waals surface area contributed by atoms with Gasteiger partial charge in [-0.1, -0.05) is 24.6 Å². The predicted octanol–water partition coefficient (Wildman–Crippen LogP) is 1.23. The Labute approximate surface area is 119 Å². The van der Waals surface area contributed by atoms with Crippen molar-refractivity contribution in [1.82, 2.24) is 10.2 Å². The molecule has 0 aromatic heterocycles. The summed E-state index contributed by atoms with van der Waals surface area (Å²) in [5, 5.41) is 5.29. The zero-order chi connectivity index (χ0) is 14.4. The number of anilines is 1. The summed E-state index contributed by atoms with van der Waals surface area (Å²) in [6, 6.07) is 9.31. The van der Waals surface area contributed by atoms with E-state index in [1.807, 2.05) is 18.2 Å². The molecule has 0 saturated carbocycles. The fraction of sp³-hybridized carbons (Fsp3) is 0.467. The standard InChI is InChI=1S/C15H21N3O2/c1-18-10-6-5-9-13(18)11-16-14(19)15(20)17-12-7-3-2-4-8-12/h2-4,7-8,13H,5-6,9-11H2,1H3,(H,16,19)(H,17,20)/t13-/m0/s1. The van der Waals surface area contributed by atoms with Gasteiger partial charge in [0.1, 0.15) is 0 Å². The number of rotatable bonds is 3. The first-order chi connectivity index (χ1) is 9.66. The molecule has 0 bridgehead atoms. The molecule has 1 aromatic rings. The molecule has 1 heterocycles. The van der Waals surface area contributed by atoms with Crippen LogP contribution in [0.1, 0.15) is 19.3 Å². The molecule has 0 spiro atoms. The lowest BCUT2D eigenvalue weighted by atomic mass is 10.0. The summed E-state index contributed by atoms with van der Waals surface area (Å²) in [6.07, 6.45) is 3.45. The Morgan fingerprint density at radius 3 is 2.65 bits per heavy atom. The van der Waals surface area contributed by atoms with Crippen LogP contribution in [0.5, 0.6) is 0 Å². The summed E-state index contributed by atoms with van der Waals surface area (Å²) >= 11 is 0. The molecule has 1 fully saturated rings. The molecule has 2 N–H and O–H groups in total. The third kappa shape index (κ3) is 4.06. The van der Waals surface area contributed by atoms with Crippen molar-refractivity contribution in [1.29, 1.82) is 0 Å². The highest BCUT2D eigenvalue weighted by Crippen LogP contribution is 2.13. The Morgan fingerprint density at radius 1 is 1.20 bits per heavy atom. The van der Waals surface area contributed by atoms with Gasteiger partial charge < -0.3 is 15.5 Å². The molecule has 1 aliphatic rings. The maximum Gasteiger partial charge on any atom is 0.313 e. The molecule has 2 rings (SSSR count). The predicted molar refractivity (Wildman–Crippen MR) is 78.4 cm³/mol. The van der Waals surface area contributed by atoms with Gasteiger partial charge >= 0.3 is 11.8 Å². The average molecular weight is 275 g/mol. The van der Waals surface area contributed by atoms with E-state index < -0.39 is 11.8 Å². The SMILES string of the molecule is CN1CCCC[C@H]1CNC(=O)C(=O)Nc1ccccc1. The maximum absolute atomic E-state index is 11.8. The van der Waals surface area contributed by atoms with E-state index in [-0.39, 0.29) is 0 Å². The summed E-state index contributed by atoms with van der Waals surface area (Å²) < 4.78 is 0. The van der Waals surface area contributed by atoms with Crippen molar-refractivity contribution < 1.29 is 9.59 Å². The highest BCUT2D eigenvalue weighted by Gasteiger charge is 2.21. The Morgan fingerprint density at radius 2 is 1.95 bits per heavy atom. The molecule has 2 amide bonds. The molecule has 1 aliphatic heterocycles. The van der Waals surface area contributed by atoms with Gasteiger partial charge in [-0.05, 0) is 38.6 Å². The quantitative estimate of drug-likeness (QED) is 0.816. The Kier molecular flexibility index (Phi) is 5.12. The number of hydrogen-bond donors (Lipinski definition) is 2. The lowest BCUT2D eigenvalue weighted by molar-refractivity contribution is -0.136. The van der Waals surface area contributed by atoms with E-state index >= 15 is 0 Å². The number of benzene rings is 1. The Bertz CT molecular complexity index is 461. The van der Waals surface area contributed by atoms with Gasteiger partial charge in [-0.2, -0.15) is 0 Å². The molecular weight excluding hydrogens is 254 g/mol. The summed E-state index contributed by atoms with van der Waals surface area (Å²) in [5.41, 5.74) is 0.627. The first kappa shape index (κ1) is 14.5. The van der Waals surface area contributed by atoms with Crippen LogP contribution in [0.2, 0.25) is 0 Å².